The lowest BCUT2D eigenvalue weighted by Gasteiger charge is -2.47. The van der Waals surface area contributed by atoms with E-state index in [2.05, 4.69) is 37.9 Å². The first-order valence-corrected chi connectivity index (χ1v) is 10.7. The quantitative estimate of drug-likeness (QED) is 0.565. The zero-order chi connectivity index (χ0) is 23.2. The summed E-state index contributed by atoms with van der Waals surface area (Å²) in [5.41, 5.74) is 2.91. The van der Waals surface area contributed by atoms with Crippen LogP contribution in [-0.2, 0) is 9.59 Å². The van der Waals surface area contributed by atoms with Crippen LogP contribution in [-0.4, -0.2) is 29.9 Å². The molecular weight excluding hydrogens is 409 g/mol. The molecular formula is C25H26FN3O3. The number of carbonyl (C=O) groups is 3. The predicted octanol–water partition coefficient (Wildman–Crippen LogP) is 4.60. The van der Waals surface area contributed by atoms with Gasteiger partial charge in [-0.1, -0.05) is 19.1 Å². The van der Waals surface area contributed by atoms with Crippen molar-refractivity contribution in [3.63, 3.8) is 0 Å². The van der Waals surface area contributed by atoms with E-state index in [9.17, 15) is 18.8 Å². The Balaban J connectivity index is 1.73. The first-order chi connectivity index (χ1) is 15.1. The van der Waals surface area contributed by atoms with Crippen LogP contribution in [0.15, 0.2) is 48.0 Å². The van der Waals surface area contributed by atoms with Gasteiger partial charge < -0.3 is 4.90 Å². The van der Waals surface area contributed by atoms with Crippen LogP contribution in [0.4, 0.5) is 20.6 Å². The summed E-state index contributed by atoms with van der Waals surface area (Å²) < 4.78 is 13.7. The fraction of sp³-hybridized carbons (Fsp3) is 0.320. The summed E-state index contributed by atoms with van der Waals surface area (Å²) >= 11 is 0. The first-order valence-electron chi connectivity index (χ1n) is 10.7. The Morgan fingerprint density at radius 1 is 1.16 bits per heavy atom. The SMILES string of the molecule is CCN1c2ccc(/C=C3\C(=O)NC(=O)N(c4cccc(F)c4)C3=O)cc2[C@H](C)CC1(C)C. The van der Waals surface area contributed by atoms with E-state index in [0.717, 1.165) is 35.2 Å². The van der Waals surface area contributed by atoms with E-state index in [1.54, 1.807) is 0 Å². The molecule has 2 aliphatic heterocycles. The Labute approximate surface area is 186 Å². The molecule has 32 heavy (non-hydrogen) atoms. The molecule has 0 saturated carbocycles. The van der Waals surface area contributed by atoms with E-state index in [1.165, 1.54) is 24.3 Å². The van der Waals surface area contributed by atoms with Crippen LogP contribution in [0.3, 0.4) is 0 Å². The van der Waals surface area contributed by atoms with Crippen molar-refractivity contribution in [2.45, 2.75) is 45.6 Å². The van der Waals surface area contributed by atoms with Gasteiger partial charge in [0.05, 0.1) is 5.69 Å². The fourth-order valence-corrected chi connectivity index (χ4v) is 4.87. The van der Waals surface area contributed by atoms with Gasteiger partial charge in [-0.3, -0.25) is 14.9 Å². The average molecular weight is 435 g/mol. The maximum atomic E-state index is 13.7. The van der Waals surface area contributed by atoms with Gasteiger partial charge in [0.25, 0.3) is 11.8 Å². The molecule has 7 heteroatoms. The number of rotatable bonds is 3. The molecule has 2 aromatic rings. The highest BCUT2D eigenvalue weighted by Gasteiger charge is 2.38. The largest absolute Gasteiger partial charge is 0.366 e. The van der Waals surface area contributed by atoms with E-state index in [1.807, 2.05) is 18.2 Å². The number of nitrogens with one attached hydrogen (secondary N) is 1. The number of amides is 4. The predicted molar refractivity (Wildman–Crippen MR) is 122 cm³/mol. The van der Waals surface area contributed by atoms with Crippen molar-refractivity contribution in [2.24, 2.45) is 0 Å². The van der Waals surface area contributed by atoms with Gasteiger partial charge in [-0.05, 0) is 80.6 Å². The van der Waals surface area contributed by atoms with Gasteiger partial charge in [0.1, 0.15) is 11.4 Å². The van der Waals surface area contributed by atoms with Gasteiger partial charge in [0.2, 0.25) is 0 Å². The van der Waals surface area contributed by atoms with Crippen molar-refractivity contribution in [1.29, 1.82) is 0 Å². The molecule has 166 valence electrons. The minimum Gasteiger partial charge on any atom is -0.366 e. The number of halogens is 1. The smallest absolute Gasteiger partial charge is 0.335 e. The number of benzene rings is 2. The van der Waals surface area contributed by atoms with Crippen molar-refractivity contribution in [3.05, 3.63) is 65.0 Å². The van der Waals surface area contributed by atoms with Crippen LogP contribution in [0.25, 0.3) is 6.08 Å². The molecule has 2 aromatic carbocycles. The minimum absolute atomic E-state index is 0.0339. The van der Waals surface area contributed by atoms with Crippen molar-refractivity contribution >= 4 is 35.3 Å². The third-order valence-corrected chi connectivity index (χ3v) is 6.21. The summed E-state index contributed by atoms with van der Waals surface area (Å²) in [5.74, 6) is -1.83. The summed E-state index contributed by atoms with van der Waals surface area (Å²) in [7, 11) is 0. The highest BCUT2D eigenvalue weighted by Crippen LogP contribution is 2.43. The molecule has 4 amide bonds. The lowest BCUT2D eigenvalue weighted by molar-refractivity contribution is -0.122. The average Bonchev–Trinajstić information content (AvgIpc) is 2.71. The van der Waals surface area contributed by atoms with Gasteiger partial charge in [-0.25, -0.2) is 14.1 Å². The molecule has 0 radical (unpaired) electrons. The second kappa shape index (κ2) is 7.89. The second-order valence-electron chi connectivity index (χ2n) is 8.92. The van der Waals surface area contributed by atoms with Crippen LogP contribution in [0.1, 0.15) is 51.2 Å². The second-order valence-corrected chi connectivity index (χ2v) is 8.92. The van der Waals surface area contributed by atoms with E-state index >= 15 is 0 Å². The molecule has 2 aliphatic rings. The normalized spacial score (nSPS) is 21.6. The molecule has 1 saturated heterocycles. The number of hydrogen-bond donors (Lipinski definition) is 1. The molecule has 1 atom stereocenters. The third-order valence-electron chi connectivity index (χ3n) is 6.21. The standard InChI is InChI=1S/C25H26FN3O3/c1-5-28-21-10-9-16(11-19(21)15(2)14-25(28,3)4)12-20-22(30)27-24(32)29(23(20)31)18-8-6-7-17(26)13-18/h6-13,15H,5,14H2,1-4H3,(H,27,30,32)/b20-12+/t15-/m1/s1. The molecule has 6 nitrogen and oxygen atoms in total. The Hall–Kier alpha value is -3.48. The molecule has 0 bridgehead atoms. The number of hydrogen-bond acceptors (Lipinski definition) is 4. The Bertz CT molecular complexity index is 1150. The number of fused-ring (bicyclic) bond motifs is 1. The molecule has 0 aromatic heterocycles. The third kappa shape index (κ3) is 3.68. The van der Waals surface area contributed by atoms with Gasteiger partial charge in [0.15, 0.2) is 0 Å². The first kappa shape index (κ1) is 21.7. The van der Waals surface area contributed by atoms with Gasteiger partial charge in [-0.15, -0.1) is 0 Å². The Morgan fingerprint density at radius 2 is 1.91 bits per heavy atom. The minimum atomic E-state index is -0.900. The van der Waals surface area contributed by atoms with Crippen LogP contribution >= 0.6 is 0 Å². The van der Waals surface area contributed by atoms with Crippen molar-refractivity contribution in [3.8, 4) is 0 Å². The number of barbiturate groups is 1. The topological polar surface area (TPSA) is 69.7 Å². The van der Waals surface area contributed by atoms with Gasteiger partial charge in [-0.2, -0.15) is 0 Å². The zero-order valence-electron chi connectivity index (χ0n) is 18.6. The van der Waals surface area contributed by atoms with E-state index in [0.29, 0.717) is 11.5 Å². The molecule has 4 rings (SSSR count). The summed E-state index contributed by atoms with van der Waals surface area (Å²) in [4.78, 5) is 41.0. The number of carbonyl (C=O) groups excluding carboxylic acids is 3. The van der Waals surface area contributed by atoms with Gasteiger partial charge in [0, 0.05) is 17.8 Å². The van der Waals surface area contributed by atoms with Crippen molar-refractivity contribution in [2.75, 3.05) is 16.3 Å². The summed E-state index contributed by atoms with van der Waals surface area (Å²) in [6.07, 6.45) is 2.47. The van der Waals surface area contributed by atoms with Crippen molar-refractivity contribution in [1.82, 2.24) is 5.32 Å². The summed E-state index contributed by atoms with van der Waals surface area (Å²) in [5, 5.41) is 2.17. The summed E-state index contributed by atoms with van der Waals surface area (Å²) in [6, 6.07) is 10.1. The number of imide groups is 2. The summed E-state index contributed by atoms with van der Waals surface area (Å²) in [6.45, 7) is 9.64. The molecule has 0 unspecified atom stereocenters. The lowest BCUT2D eigenvalue weighted by Crippen LogP contribution is -2.54. The fourth-order valence-electron chi connectivity index (χ4n) is 4.87. The monoisotopic (exact) mass is 435 g/mol. The van der Waals surface area contributed by atoms with Crippen molar-refractivity contribution < 1.29 is 18.8 Å². The van der Waals surface area contributed by atoms with Crippen LogP contribution in [0, 0.1) is 5.82 Å². The molecule has 1 fully saturated rings. The van der Waals surface area contributed by atoms with E-state index in [-0.39, 0.29) is 16.8 Å². The van der Waals surface area contributed by atoms with Crippen LogP contribution in [0.5, 0.6) is 0 Å². The molecule has 1 N–H and O–H groups in total. The lowest BCUT2D eigenvalue weighted by atomic mass is 9.79. The Kier molecular flexibility index (Phi) is 5.36. The number of anilines is 2. The number of nitrogens with zero attached hydrogens (tertiary/aromatic N) is 2. The highest BCUT2D eigenvalue weighted by molar-refractivity contribution is 6.39. The zero-order valence-corrected chi connectivity index (χ0v) is 18.6. The molecule has 0 aliphatic carbocycles. The maximum absolute atomic E-state index is 13.7. The molecule has 0 spiro atoms. The van der Waals surface area contributed by atoms with E-state index < -0.39 is 23.7 Å². The highest BCUT2D eigenvalue weighted by atomic mass is 19.1. The maximum Gasteiger partial charge on any atom is 0.335 e. The number of urea groups is 1. The Morgan fingerprint density at radius 3 is 2.59 bits per heavy atom. The van der Waals surface area contributed by atoms with Crippen LogP contribution in [0.2, 0.25) is 0 Å². The van der Waals surface area contributed by atoms with Gasteiger partial charge >= 0.3 is 6.03 Å². The van der Waals surface area contributed by atoms with Crippen LogP contribution < -0.4 is 15.1 Å². The van der Waals surface area contributed by atoms with E-state index in [4.69, 9.17) is 0 Å². The molecule has 2 heterocycles.